The van der Waals surface area contributed by atoms with Gasteiger partial charge in [-0.25, -0.2) is 13.6 Å². The molecule has 1 aliphatic heterocycles. The Labute approximate surface area is 180 Å². The molecule has 0 radical (unpaired) electrons. The first-order valence-corrected chi connectivity index (χ1v) is 10.1. The third-order valence-electron chi connectivity index (χ3n) is 4.87. The number of hydrogen-bond acceptors (Lipinski definition) is 4. The maximum atomic E-state index is 14.1. The van der Waals surface area contributed by atoms with E-state index >= 15 is 0 Å². The van der Waals surface area contributed by atoms with Gasteiger partial charge in [-0.1, -0.05) is 18.2 Å². The number of likely N-dealkylation sites (tertiary alicyclic amines) is 1. The molecule has 1 heterocycles. The Bertz CT molecular complexity index is 936. The SMILES string of the molecule is CC(C)(C)OC(=O)N1CCC(Oc2ccccc2)(C(=O)Nc2ccc(F)cc2F)CC1. The standard InChI is InChI=1S/C23H26F2N2O4/c1-22(2,3)31-21(29)27-13-11-23(12-14-27,30-17-7-5-4-6-8-17)20(28)26-19-10-9-16(24)15-18(19)25/h4-10,15H,11-14H2,1-3H3,(H,26,28). The monoisotopic (exact) mass is 432 g/mol. The lowest BCUT2D eigenvalue weighted by Gasteiger charge is -2.40. The number of rotatable bonds is 4. The Balaban J connectivity index is 1.80. The van der Waals surface area contributed by atoms with Crippen LogP contribution in [0.15, 0.2) is 48.5 Å². The summed E-state index contributed by atoms with van der Waals surface area (Å²) in [4.78, 5) is 27.1. The quantitative estimate of drug-likeness (QED) is 0.757. The molecule has 31 heavy (non-hydrogen) atoms. The highest BCUT2D eigenvalue weighted by Gasteiger charge is 2.45. The third-order valence-corrected chi connectivity index (χ3v) is 4.87. The lowest BCUT2D eigenvalue weighted by atomic mass is 9.89. The summed E-state index contributed by atoms with van der Waals surface area (Å²) in [7, 11) is 0. The van der Waals surface area contributed by atoms with Gasteiger partial charge in [0.15, 0.2) is 5.60 Å². The molecule has 2 aromatic rings. The number of amides is 2. The Morgan fingerprint density at radius 2 is 1.68 bits per heavy atom. The van der Waals surface area contributed by atoms with Gasteiger partial charge in [-0.3, -0.25) is 4.79 Å². The van der Waals surface area contributed by atoms with Gasteiger partial charge >= 0.3 is 6.09 Å². The predicted molar refractivity (Wildman–Crippen MR) is 112 cm³/mol. The van der Waals surface area contributed by atoms with Gasteiger partial charge in [0.25, 0.3) is 5.91 Å². The van der Waals surface area contributed by atoms with Crippen LogP contribution in [0.5, 0.6) is 5.75 Å². The van der Waals surface area contributed by atoms with Gasteiger partial charge in [0.1, 0.15) is 23.0 Å². The van der Waals surface area contributed by atoms with Gasteiger partial charge in [0.2, 0.25) is 0 Å². The Kier molecular flexibility index (Phi) is 6.48. The fourth-order valence-corrected chi connectivity index (χ4v) is 3.29. The second-order valence-electron chi connectivity index (χ2n) is 8.46. The number of benzene rings is 2. The topological polar surface area (TPSA) is 67.9 Å². The van der Waals surface area contributed by atoms with E-state index in [0.717, 1.165) is 12.1 Å². The van der Waals surface area contributed by atoms with Crippen molar-refractivity contribution in [2.75, 3.05) is 18.4 Å². The van der Waals surface area contributed by atoms with Crippen LogP contribution in [0.1, 0.15) is 33.6 Å². The highest BCUT2D eigenvalue weighted by atomic mass is 19.1. The van der Waals surface area contributed by atoms with Gasteiger partial charge in [0, 0.05) is 32.0 Å². The van der Waals surface area contributed by atoms with Crippen LogP contribution in [0.2, 0.25) is 0 Å². The van der Waals surface area contributed by atoms with Gasteiger partial charge in [-0.05, 0) is 45.0 Å². The van der Waals surface area contributed by atoms with Gasteiger partial charge in [-0.15, -0.1) is 0 Å². The summed E-state index contributed by atoms with van der Waals surface area (Å²) in [6, 6.07) is 11.7. The minimum absolute atomic E-state index is 0.142. The first kappa shape index (κ1) is 22.5. The number of piperidine rings is 1. The molecule has 8 heteroatoms. The number of nitrogens with one attached hydrogen (secondary N) is 1. The normalized spacial score (nSPS) is 15.8. The number of hydrogen-bond donors (Lipinski definition) is 1. The Morgan fingerprint density at radius 1 is 1.03 bits per heavy atom. The second kappa shape index (κ2) is 8.91. The van der Waals surface area contributed by atoms with Crippen LogP contribution in [0.3, 0.4) is 0 Å². The zero-order chi connectivity index (χ0) is 22.6. The molecule has 0 saturated carbocycles. The molecule has 2 amide bonds. The van der Waals surface area contributed by atoms with Crippen LogP contribution in [-0.4, -0.2) is 41.2 Å². The summed E-state index contributed by atoms with van der Waals surface area (Å²) >= 11 is 0. The minimum Gasteiger partial charge on any atom is -0.477 e. The van der Waals surface area contributed by atoms with E-state index in [1.54, 1.807) is 45.0 Å². The molecule has 1 fully saturated rings. The van der Waals surface area contributed by atoms with Crippen molar-refractivity contribution in [1.82, 2.24) is 4.90 Å². The summed E-state index contributed by atoms with van der Waals surface area (Å²) in [6.45, 7) is 5.79. The highest BCUT2D eigenvalue weighted by Crippen LogP contribution is 2.31. The molecule has 1 N–H and O–H groups in total. The van der Waals surface area contributed by atoms with E-state index in [1.807, 2.05) is 6.07 Å². The molecule has 3 rings (SSSR count). The molecule has 6 nitrogen and oxygen atoms in total. The van der Waals surface area contributed by atoms with Crippen LogP contribution in [0, 0.1) is 11.6 Å². The lowest BCUT2D eigenvalue weighted by Crippen LogP contribution is -2.56. The van der Waals surface area contributed by atoms with E-state index in [9.17, 15) is 18.4 Å². The van der Waals surface area contributed by atoms with Gasteiger partial charge < -0.3 is 19.7 Å². The molecule has 0 spiro atoms. The number of carbonyl (C=O) groups excluding carboxylic acids is 2. The number of halogens is 2. The van der Waals surface area contributed by atoms with E-state index in [2.05, 4.69) is 5.32 Å². The molecule has 0 unspecified atom stereocenters. The largest absolute Gasteiger partial charge is 0.477 e. The molecular weight excluding hydrogens is 406 g/mol. The zero-order valence-corrected chi connectivity index (χ0v) is 17.8. The number of para-hydroxylation sites is 1. The molecule has 1 saturated heterocycles. The molecule has 166 valence electrons. The molecule has 0 aliphatic carbocycles. The zero-order valence-electron chi connectivity index (χ0n) is 17.8. The molecule has 0 bridgehead atoms. The maximum Gasteiger partial charge on any atom is 0.410 e. The van der Waals surface area contributed by atoms with Crippen molar-refractivity contribution in [3.8, 4) is 5.75 Å². The number of carbonyl (C=O) groups is 2. The van der Waals surface area contributed by atoms with Crippen LogP contribution in [0.4, 0.5) is 19.3 Å². The van der Waals surface area contributed by atoms with Crippen molar-refractivity contribution >= 4 is 17.7 Å². The van der Waals surface area contributed by atoms with Crippen molar-refractivity contribution in [1.29, 1.82) is 0 Å². The Morgan fingerprint density at radius 3 is 2.26 bits per heavy atom. The average molecular weight is 432 g/mol. The fourth-order valence-electron chi connectivity index (χ4n) is 3.29. The molecule has 0 aromatic heterocycles. The molecular formula is C23H26F2N2O4. The van der Waals surface area contributed by atoms with Crippen LogP contribution < -0.4 is 10.1 Å². The van der Waals surface area contributed by atoms with Crippen LogP contribution >= 0.6 is 0 Å². The predicted octanol–water partition coefficient (Wildman–Crippen LogP) is 4.75. The van der Waals surface area contributed by atoms with Crippen LogP contribution in [-0.2, 0) is 9.53 Å². The summed E-state index contributed by atoms with van der Waals surface area (Å²) in [5, 5.41) is 2.51. The van der Waals surface area contributed by atoms with E-state index < -0.39 is 34.8 Å². The number of anilines is 1. The van der Waals surface area contributed by atoms with Crippen LogP contribution in [0.25, 0.3) is 0 Å². The molecule has 0 atom stereocenters. The van der Waals surface area contributed by atoms with Crippen molar-refractivity contribution < 1.29 is 27.8 Å². The Hall–Kier alpha value is -3.16. The van der Waals surface area contributed by atoms with E-state index in [0.29, 0.717) is 11.8 Å². The number of ether oxygens (including phenoxy) is 2. The van der Waals surface area contributed by atoms with Crippen molar-refractivity contribution in [2.24, 2.45) is 0 Å². The summed E-state index contributed by atoms with van der Waals surface area (Å²) in [5.74, 6) is -1.71. The van der Waals surface area contributed by atoms with Crippen molar-refractivity contribution in [3.63, 3.8) is 0 Å². The van der Waals surface area contributed by atoms with Crippen molar-refractivity contribution in [2.45, 2.75) is 44.8 Å². The van der Waals surface area contributed by atoms with Gasteiger partial charge in [0.05, 0.1) is 5.69 Å². The van der Waals surface area contributed by atoms with Crippen molar-refractivity contribution in [3.05, 3.63) is 60.2 Å². The average Bonchev–Trinajstić information content (AvgIpc) is 2.70. The highest BCUT2D eigenvalue weighted by molar-refractivity contribution is 5.98. The van der Waals surface area contributed by atoms with E-state index in [4.69, 9.17) is 9.47 Å². The van der Waals surface area contributed by atoms with E-state index in [1.165, 1.54) is 4.90 Å². The fraction of sp³-hybridized carbons (Fsp3) is 0.391. The number of nitrogens with zero attached hydrogens (tertiary/aromatic N) is 1. The summed E-state index contributed by atoms with van der Waals surface area (Å²) in [5.41, 5.74) is -2.11. The first-order chi connectivity index (χ1) is 14.6. The minimum atomic E-state index is -1.33. The lowest BCUT2D eigenvalue weighted by molar-refractivity contribution is -0.135. The molecule has 1 aliphatic rings. The third kappa shape index (κ3) is 5.71. The van der Waals surface area contributed by atoms with E-state index in [-0.39, 0.29) is 31.6 Å². The smallest absolute Gasteiger partial charge is 0.410 e. The van der Waals surface area contributed by atoms with Gasteiger partial charge in [-0.2, -0.15) is 0 Å². The molecule has 2 aromatic carbocycles. The first-order valence-electron chi connectivity index (χ1n) is 10.1. The summed E-state index contributed by atoms with van der Waals surface area (Å²) in [6.07, 6.45) is -0.114. The second-order valence-corrected chi connectivity index (χ2v) is 8.46. The summed E-state index contributed by atoms with van der Waals surface area (Å²) < 4.78 is 38.8. The maximum absolute atomic E-state index is 14.1.